The fourth-order valence-corrected chi connectivity index (χ4v) is 2.37. The Kier molecular flexibility index (Phi) is 9.51. The molecule has 0 unspecified atom stereocenters. The molecule has 1 N–H and O–H groups in total. The molecule has 0 heterocycles. The van der Waals surface area contributed by atoms with Crippen molar-refractivity contribution in [2.75, 3.05) is 6.54 Å². The Hall–Kier alpha value is -1.38. The third-order valence-electron chi connectivity index (χ3n) is 3.65. The van der Waals surface area contributed by atoms with Gasteiger partial charge < -0.3 is 5.32 Å². The van der Waals surface area contributed by atoms with Crippen LogP contribution in [0.15, 0.2) is 24.3 Å². The second-order valence-electron chi connectivity index (χ2n) is 5.59. The van der Waals surface area contributed by atoms with E-state index in [2.05, 4.69) is 12.2 Å². The number of halogens is 1. The lowest BCUT2D eigenvalue weighted by molar-refractivity contribution is 0.0952. The summed E-state index contributed by atoms with van der Waals surface area (Å²) in [5.41, 5.74) is 0.394. The maximum Gasteiger partial charge on any atom is 0.251 e. The Morgan fingerprint density at radius 3 is 2.24 bits per heavy atom. The zero-order valence-electron chi connectivity index (χ0n) is 13.2. The Bertz CT molecular complexity index is 406. The number of hydrogen-bond donors (Lipinski definition) is 1. The van der Waals surface area contributed by atoms with Gasteiger partial charge in [0.25, 0.3) is 5.91 Å². The molecule has 1 aromatic carbocycles. The molecule has 2 nitrogen and oxygen atoms in total. The molecule has 0 spiro atoms. The number of unbranched alkanes of at least 4 members (excludes halogenated alkanes) is 8. The minimum absolute atomic E-state index is 0.186. The quantitative estimate of drug-likeness (QED) is 0.566. The topological polar surface area (TPSA) is 29.1 Å². The second-order valence-corrected chi connectivity index (χ2v) is 5.59. The van der Waals surface area contributed by atoms with Crippen LogP contribution in [0.1, 0.15) is 75.1 Å². The van der Waals surface area contributed by atoms with Crippen LogP contribution in [-0.4, -0.2) is 12.5 Å². The smallest absolute Gasteiger partial charge is 0.251 e. The zero-order chi connectivity index (χ0) is 15.3. The molecule has 0 saturated heterocycles. The van der Waals surface area contributed by atoms with Gasteiger partial charge >= 0.3 is 0 Å². The molecule has 3 heteroatoms. The van der Waals surface area contributed by atoms with E-state index in [0.29, 0.717) is 12.1 Å². The monoisotopic (exact) mass is 293 g/mol. The van der Waals surface area contributed by atoms with E-state index in [9.17, 15) is 9.18 Å². The summed E-state index contributed by atoms with van der Waals surface area (Å²) in [5, 5.41) is 2.84. The third-order valence-corrected chi connectivity index (χ3v) is 3.65. The van der Waals surface area contributed by atoms with Crippen LogP contribution in [-0.2, 0) is 0 Å². The van der Waals surface area contributed by atoms with Gasteiger partial charge in [-0.2, -0.15) is 0 Å². The molecule has 1 amide bonds. The van der Waals surface area contributed by atoms with Crippen molar-refractivity contribution in [1.82, 2.24) is 5.32 Å². The molecule has 0 aromatic heterocycles. The molecule has 0 aliphatic heterocycles. The minimum atomic E-state index is -0.370. The molecule has 1 aromatic rings. The van der Waals surface area contributed by atoms with Crippen LogP contribution in [0.4, 0.5) is 4.39 Å². The summed E-state index contributed by atoms with van der Waals surface area (Å²) in [6, 6.07) is 5.81. The van der Waals surface area contributed by atoms with Gasteiger partial charge in [0.1, 0.15) is 5.82 Å². The van der Waals surface area contributed by atoms with Crippen molar-refractivity contribution in [3.05, 3.63) is 35.6 Å². The van der Waals surface area contributed by atoms with E-state index in [1.165, 1.54) is 57.1 Å². The summed E-state index contributed by atoms with van der Waals surface area (Å²) in [6.07, 6.45) is 11.4. The van der Waals surface area contributed by atoms with Crippen molar-refractivity contribution < 1.29 is 9.18 Å². The highest BCUT2D eigenvalue weighted by Crippen LogP contribution is 2.09. The molecule has 118 valence electrons. The molecule has 0 fully saturated rings. The fourth-order valence-electron chi connectivity index (χ4n) is 2.37. The molecule has 0 radical (unpaired) electrons. The lowest BCUT2D eigenvalue weighted by Gasteiger charge is -2.05. The first kappa shape index (κ1) is 17.7. The molecular formula is C18H28FNO. The van der Waals surface area contributed by atoms with Crippen molar-refractivity contribution in [3.63, 3.8) is 0 Å². The van der Waals surface area contributed by atoms with E-state index in [0.717, 1.165) is 12.8 Å². The van der Waals surface area contributed by atoms with E-state index >= 15 is 0 Å². The molecule has 21 heavy (non-hydrogen) atoms. The summed E-state index contributed by atoms with van der Waals surface area (Å²) < 4.78 is 13.0. The van der Waals surface area contributed by atoms with Gasteiger partial charge in [0.15, 0.2) is 0 Å². The van der Waals surface area contributed by atoms with Crippen molar-refractivity contribution in [2.45, 2.75) is 64.7 Å². The number of benzene rings is 1. The van der Waals surface area contributed by atoms with Crippen LogP contribution in [0, 0.1) is 5.82 Å². The highest BCUT2D eigenvalue weighted by molar-refractivity contribution is 5.94. The van der Waals surface area contributed by atoms with Crippen LogP contribution in [0.5, 0.6) is 0 Å². The van der Waals surface area contributed by atoms with Gasteiger partial charge in [-0.1, -0.05) is 64.4 Å². The van der Waals surface area contributed by atoms with Crippen molar-refractivity contribution >= 4 is 5.91 Å². The van der Waals surface area contributed by atoms with Gasteiger partial charge in [0, 0.05) is 12.1 Å². The first-order chi connectivity index (χ1) is 10.2. The summed E-state index contributed by atoms with van der Waals surface area (Å²) >= 11 is 0. The van der Waals surface area contributed by atoms with Gasteiger partial charge in [-0.3, -0.25) is 4.79 Å². The highest BCUT2D eigenvalue weighted by Gasteiger charge is 2.04. The number of nitrogens with one attached hydrogen (secondary N) is 1. The number of rotatable bonds is 11. The molecule has 0 aliphatic carbocycles. The summed E-state index contributed by atoms with van der Waals surface area (Å²) in [4.78, 5) is 11.8. The SMILES string of the molecule is CCCCCCCCCCCNC(=O)c1cccc(F)c1. The first-order valence-electron chi connectivity index (χ1n) is 8.28. The standard InChI is InChI=1S/C18H28FNO/c1-2-3-4-5-6-7-8-9-10-14-20-18(21)16-12-11-13-17(19)15-16/h11-13,15H,2-10,14H2,1H3,(H,20,21). The average Bonchev–Trinajstić information content (AvgIpc) is 2.49. The van der Waals surface area contributed by atoms with E-state index in [1.54, 1.807) is 12.1 Å². The number of carbonyl (C=O) groups is 1. The van der Waals surface area contributed by atoms with Crippen LogP contribution >= 0.6 is 0 Å². The second kappa shape index (κ2) is 11.3. The predicted molar refractivity (Wildman–Crippen MR) is 86.0 cm³/mol. The molecule has 0 atom stereocenters. The lowest BCUT2D eigenvalue weighted by Crippen LogP contribution is -2.24. The Labute approximate surface area is 128 Å². The maximum atomic E-state index is 13.0. The van der Waals surface area contributed by atoms with Gasteiger partial charge in [-0.25, -0.2) is 4.39 Å². The van der Waals surface area contributed by atoms with E-state index in [1.807, 2.05) is 0 Å². The van der Waals surface area contributed by atoms with Gasteiger partial charge in [-0.15, -0.1) is 0 Å². The molecule has 0 bridgehead atoms. The fraction of sp³-hybridized carbons (Fsp3) is 0.611. The molecule has 0 aliphatic rings. The zero-order valence-corrected chi connectivity index (χ0v) is 13.2. The average molecular weight is 293 g/mol. The first-order valence-corrected chi connectivity index (χ1v) is 8.28. The molecule has 1 rings (SSSR count). The van der Waals surface area contributed by atoms with Crippen LogP contribution in [0.25, 0.3) is 0 Å². The highest BCUT2D eigenvalue weighted by atomic mass is 19.1. The van der Waals surface area contributed by atoms with Crippen LogP contribution < -0.4 is 5.32 Å². The van der Waals surface area contributed by atoms with Gasteiger partial charge in [0.05, 0.1) is 0 Å². The predicted octanol–water partition coefficient (Wildman–Crippen LogP) is 5.09. The van der Waals surface area contributed by atoms with Crippen molar-refractivity contribution in [3.8, 4) is 0 Å². The van der Waals surface area contributed by atoms with Crippen molar-refractivity contribution in [2.24, 2.45) is 0 Å². The lowest BCUT2D eigenvalue weighted by atomic mass is 10.1. The maximum absolute atomic E-state index is 13.0. The molecule has 0 saturated carbocycles. The largest absolute Gasteiger partial charge is 0.352 e. The van der Waals surface area contributed by atoms with E-state index < -0.39 is 0 Å². The third kappa shape index (κ3) is 8.49. The normalized spacial score (nSPS) is 10.6. The molecular weight excluding hydrogens is 265 g/mol. The van der Waals surface area contributed by atoms with Gasteiger partial charge in [-0.05, 0) is 24.6 Å². The Balaban J connectivity index is 1.98. The summed E-state index contributed by atoms with van der Waals surface area (Å²) in [6.45, 7) is 2.91. The van der Waals surface area contributed by atoms with E-state index in [-0.39, 0.29) is 11.7 Å². The van der Waals surface area contributed by atoms with Gasteiger partial charge in [0.2, 0.25) is 0 Å². The Morgan fingerprint density at radius 2 is 1.62 bits per heavy atom. The summed E-state index contributed by atoms with van der Waals surface area (Å²) in [7, 11) is 0. The number of hydrogen-bond acceptors (Lipinski definition) is 1. The van der Waals surface area contributed by atoms with Crippen LogP contribution in [0.2, 0.25) is 0 Å². The van der Waals surface area contributed by atoms with E-state index in [4.69, 9.17) is 0 Å². The van der Waals surface area contributed by atoms with Crippen LogP contribution in [0.3, 0.4) is 0 Å². The number of amides is 1. The summed E-state index contributed by atoms with van der Waals surface area (Å²) in [5.74, 6) is -0.556. The minimum Gasteiger partial charge on any atom is -0.352 e. The van der Waals surface area contributed by atoms with Crippen molar-refractivity contribution in [1.29, 1.82) is 0 Å². The Morgan fingerprint density at radius 1 is 1.00 bits per heavy atom. The number of carbonyl (C=O) groups excluding carboxylic acids is 1.